The van der Waals surface area contributed by atoms with E-state index in [2.05, 4.69) is 70.2 Å². The number of rotatable bonds is 3. The van der Waals surface area contributed by atoms with Gasteiger partial charge >= 0.3 is 17.4 Å². The van der Waals surface area contributed by atoms with Crippen molar-refractivity contribution in [2.24, 2.45) is 0 Å². The van der Waals surface area contributed by atoms with Gasteiger partial charge in [0, 0.05) is 6.20 Å². The van der Waals surface area contributed by atoms with Gasteiger partial charge in [0.05, 0.1) is 6.69 Å². The molecule has 1 aliphatic rings. The predicted octanol–water partition coefficient (Wildman–Crippen LogP) is 6.34. The SMILES string of the molecule is C[Si](C)(Br)C1=CC[C-]=C1.Cl.Cl.[Cr+2].c1ccc([CH-]c2ccccn2)cc1. The summed E-state index contributed by atoms with van der Waals surface area (Å²) in [6, 6.07) is 16.1. The maximum atomic E-state index is 4.22. The van der Waals surface area contributed by atoms with Crippen LogP contribution in [0, 0.1) is 12.5 Å². The summed E-state index contributed by atoms with van der Waals surface area (Å²) in [6.07, 6.45) is 12.4. The smallest absolute Gasteiger partial charge is 0.277 e. The Morgan fingerprint density at radius 2 is 1.68 bits per heavy atom. The maximum absolute atomic E-state index is 4.22. The molecule has 1 aromatic heterocycles. The zero-order valence-corrected chi connectivity index (χ0v) is 19.7. The number of allylic oxidation sites excluding steroid dienone is 4. The average Bonchev–Trinajstić information content (AvgIpc) is 3.04. The normalized spacial score (nSPS) is 11.6. The summed E-state index contributed by atoms with van der Waals surface area (Å²) in [4.78, 5) is 4.22. The number of pyridine rings is 1. The molecule has 25 heavy (non-hydrogen) atoms. The van der Waals surface area contributed by atoms with Crippen molar-refractivity contribution in [1.29, 1.82) is 0 Å². The molecule has 1 aliphatic carbocycles. The molecular weight excluding hydrogens is 473 g/mol. The standard InChI is InChI=1S/C12H10N.C7H10BrSi.2ClH.Cr/c1-2-6-11(7-3-1)10-12-8-4-5-9-13-12;1-9(2,8)7-5-3-4-6-7;;;/h1-10H;5-6H,3H2,1-2H3;2*1H;/q2*-1;;;+2. The van der Waals surface area contributed by atoms with Crippen LogP contribution in [0.2, 0.25) is 13.1 Å². The Labute approximate surface area is 183 Å². The van der Waals surface area contributed by atoms with Gasteiger partial charge in [-0.3, -0.25) is 11.1 Å². The molecule has 3 rings (SSSR count). The molecule has 0 spiro atoms. The topological polar surface area (TPSA) is 12.9 Å². The third-order valence-electron chi connectivity index (χ3n) is 3.19. The molecular formula is C19H22BrCl2CrNSi. The van der Waals surface area contributed by atoms with Crippen molar-refractivity contribution in [3.05, 3.63) is 95.8 Å². The Balaban J connectivity index is 0. The summed E-state index contributed by atoms with van der Waals surface area (Å²) in [6.45, 7) is 3.39. The van der Waals surface area contributed by atoms with Gasteiger partial charge in [-0.25, -0.2) is 6.08 Å². The zero-order valence-electron chi connectivity index (χ0n) is 14.2. The summed E-state index contributed by atoms with van der Waals surface area (Å²) >= 11 is 3.70. The summed E-state index contributed by atoms with van der Waals surface area (Å²) < 4.78 is 0. The van der Waals surface area contributed by atoms with Gasteiger partial charge in [0.15, 0.2) is 0 Å². The molecule has 1 heterocycles. The zero-order chi connectivity index (χ0) is 15.8. The Hall–Kier alpha value is -0.471. The van der Waals surface area contributed by atoms with Crippen LogP contribution in [0.4, 0.5) is 0 Å². The van der Waals surface area contributed by atoms with Gasteiger partial charge in [0.1, 0.15) is 0 Å². The van der Waals surface area contributed by atoms with Gasteiger partial charge in [0.25, 0.3) is 0 Å². The molecule has 0 atom stereocenters. The average molecular weight is 495 g/mol. The molecule has 0 fully saturated rings. The third kappa shape index (κ3) is 10.3. The predicted molar refractivity (Wildman–Crippen MR) is 115 cm³/mol. The van der Waals surface area contributed by atoms with Crippen LogP contribution in [0.3, 0.4) is 0 Å². The Bertz CT molecular complexity index is 606. The Kier molecular flexibility index (Phi) is 14.7. The number of halogens is 3. The van der Waals surface area contributed by atoms with E-state index in [1.807, 2.05) is 36.4 Å². The maximum Gasteiger partial charge on any atom is 2.00 e. The first-order valence-electron chi connectivity index (χ1n) is 7.33. The monoisotopic (exact) mass is 493 g/mol. The van der Waals surface area contributed by atoms with Gasteiger partial charge in [-0.2, -0.15) is 11.3 Å². The van der Waals surface area contributed by atoms with Crippen LogP contribution in [0.25, 0.3) is 0 Å². The number of benzene rings is 1. The molecule has 2 aromatic rings. The molecule has 134 valence electrons. The van der Waals surface area contributed by atoms with Crippen molar-refractivity contribution in [3.8, 4) is 0 Å². The van der Waals surface area contributed by atoms with E-state index in [0.717, 1.165) is 12.1 Å². The van der Waals surface area contributed by atoms with E-state index in [1.165, 1.54) is 10.8 Å². The van der Waals surface area contributed by atoms with Gasteiger partial charge < -0.3 is 0 Å². The number of hydrogen-bond donors (Lipinski definition) is 0. The third-order valence-corrected chi connectivity index (χ3v) is 6.28. The quantitative estimate of drug-likeness (QED) is 0.275. The van der Waals surface area contributed by atoms with E-state index in [4.69, 9.17) is 0 Å². The van der Waals surface area contributed by atoms with E-state index < -0.39 is 6.69 Å². The molecule has 0 saturated carbocycles. The number of hydrogen-bond acceptors (Lipinski definition) is 1. The first-order valence-corrected chi connectivity index (χ1v) is 12.6. The second kappa shape index (κ2) is 13.7. The molecule has 0 N–H and O–H groups in total. The minimum absolute atomic E-state index is 0. The first-order chi connectivity index (χ1) is 10.6. The Morgan fingerprint density at radius 1 is 1.04 bits per heavy atom. The molecule has 0 bridgehead atoms. The summed E-state index contributed by atoms with van der Waals surface area (Å²) in [5.74, 6) is 0. The number of aromatic nitrogens is 1. The summed E-state index contributed by atoms with van der Waals surface area (Å²) in [5.41, 5.74) is 2.18. The van der Waals surface area contributed by atoms with Crippen LogP contribution in [-0.2, 0) is 17.4 Å². The number of nitrogens with zero attached hydrogens (tertiary/aromatic N) is 1. The fourth-order valence-corrected chi connectivity index (χ4v) is 3.85. The van der Waals surface area contributed by atoms with Gasteiger partial charge in [0.2, 0.25) is 0 Å². The van der Waals surface area contributed by atoms with Crippen LogP contribution in [-0.4, -0.2) is 11.7 Å². The van der Waals surface area contributed by atoms with Gasteiger partial charge in [-0.1, -0.05) is 31.3 Å². The molecule has 0 radical (unpaired) electrons. The van der Waals surface area contributed by atoms with E-state index in [9.17, 15) is 0 Å². The van der Waals surface area contributed by atoms with Crippen LogP contribution in [0.1, 0.15) is 17.7 Å². The van der Waals surface area contributed by atoms with Crippen LogP contribution >= 0.6 is 40.1 Å². The van der Waals surface area contributed by atoms with E-state index >= 15 is 0 Å². The Morgan fingerprint density at radius 3 is 2.12 bits per heavy atom. The van der Waals surface area contributed by atoms with Crippen LogP contribution in [0.5, 0.6) is 0 Å². The molecule has 0 aliphatic heterocycles. The molecule has 1 nitrogen and oxygen atoms in total. The van der Waals surface area contributed by atoms with Crippen molar-refractivity contribution in [2.45, 2.75) is 19.5 Å². The van der Waals surface area contributed by atoms with Crippen molar-refractivity contribution in [2.75, 3.05) is 0 Å². The van der Waals surface area contributed by atoms with E-state index in [1.54, 1.807) is 6.20 Å². The fourth-order valence-electron chi connectivity index (χ4n) is 1.99. The van der Waals surface area contributed by atoms with Gasteiger partial charge in [-0.05, 0) is 5.69 Å². The summed E-state index contributed by atoms with van der Waals surface area (Å²) in [5, 5.41) is 1.47. The van der Waals surface area contributed by atoms with E-state index in [0.29, 0.717) is 0 Å². The largest absolute Gasteiger partial charge is 2.00 e. The second-order valence-electron chi connectivity index (χ2n) is 5.49. The second-order valence-corrected chi connectivity index (χ2v) is 15.0. The minimum Gasteiger partial charge on any atom is -0.277 e. The van der Waals surface area contributed by atoms with Crippen LogP contribution < -0.4 is 0 Å². The molecule has 0 saturated heterocycles. The molecule has 6 heteroatoms. The first kappa shape index (κ1) is 26.8. The summed E-state index contributed by atoms with van der Waals surface area (Å²) in [7, 11) is 0. The van der Waals surface area contributed by atoms with Crippen molar-refractivity contribution < 1.29 is 17.4 Å². The minimum atomic E-state index is -1.17. The van der Waals surface area contributed by atoms with Gasteiger partial charge in [-0.15, -0.1) is 88.8 Å². The fraction of sp³-hybridized carbons (Fsp3) is 0.158. The molecule has 0 amide bonds. The van der Waals surface area contributed by atoms with Crippen molar-refractivity contribution in [3.63, 3.8) is 0 Å². The van der Waals surface area contributed by atoms with Crippen molar-refractivity contribution >= 4 is 46.8 Å². The van der Waals surface area contributed by atoms with Crippen LogP contribution in [0.15, 0.2) is 72.1 Å². The molecule has 0 unspecified atom stereocenters. The van der Waals surface area contributed by atoms with Crippen molar-refractivity contribution in [1.82, 2.24) is 4.98 Å². The molecule has 1 aromatic carbocycles. The van der Waals surface area contributed by atoms with E-state index in [-0.39, 0.29) is 42.2 Å².